The number of H-pyrrole nitrogens is 1. The maximum absolute atomic E-state index is 12.6. The molecule has 0 unspecified atom stereocenters. The third-order valence-electron chi connectivity index (χ3n) is 5.75. The second-order valence-corrected chi connectivity index (χ2v) is 7.66. The number of ether oxygens (including phenoxy) is 2. The van der Waals surface area contributed by atoms with Crippen molar-refractivity contribution < 1.29 is 19.1 Å². The molecule has 4 rings (SSSR count). The predicted molar refractivity (Wildman–Crippen MR) is 115 cm³/mol. The number of esters is 1. The van der Waals surface area contributed by atoms with Gasteiger partial charge >= 0.3 is 5.97 Å². The first-order valence-corrected chi connectivity index (χ1v) is 10.2. The van der Waals surface area contributed by atoms with Gasteiger partial charge in [-0.1, -0.05) is 18.2 Å². The number of anilines is 1. The highest BCUT2D eigenvalue weighted by Crippen LogP contribution is 2.28. The molecule has 1 aromatic carbocycles. The summed E-state index contributed by atoms with van der Waals surface area (Å²) < 4.78 is 12.9. The van der Waals surface area contributed by atoms with Crippen LogP contribution in [0.2, 0.25) is 0 Å². The highest BCUT2D eigenvalue weighted by Gasteiger charge is 2.24. The highest BCUT2D eigenvalue weighted by molar-refractivity contribution is 6.05. The Morgan fingerprint density at radius 2 is 2.16 bits per heavy atom. The van der Waals surface area contributed by atoms with Crippen LogP contribution in [0, 0.1) is 25.2 Å². The fraction of sp³-hybridized carbons (Fsp3) is 0.348. The molecule has 3 heterocycles. The molecule has 0 spiro atoms. The number of carbonyl (C=O) groups excluding carboxylic acids is 2. The van der Waals surface area contributed by atoms with Crippen molar-refractivity contribution in [1.29, 1.82) is 5.26 Å². The standard InChI is InChI=1S/C23H24N4O4/c1-14-15(2)27(12-16-6-5-9-30-16)22(18(14)10-24)26-21(28)13-31-23(29)19-11-25-20-8-4-3-7-17(19)20/h3-4,7-8,11,16,25H,5-6,9,12-13H2,1-2H3,(H,26,28)/t16-/m1/s1. The van der Waals surface area contributed by atoms with E-state index in [9.17, 15) is 14.9 Å². The fourth-order valence-corrected chi connectivity index (χ4v) is 3.97. The van der Waals surface area contributed by atoms with Crippen molar-refractivity contribution in [3.05, 3.63) is 52.8 Å². The molecule has 1 aliphatic rings. The van der Waals surface area contributed by atoms with Crippen molar-refractivity contribution >= 4 is 28.6 Å². The summed E-state index contributed by atoms with van der Waals surface area (Å²) in [6, 6.07) is 9.54. The molecule has 1 aliphatic heterocycles. The first kappa shape index (κ1) is 20.7. The maximum atomic E-state index is 12.6. The number of benzene rings is 1. The molecular formula is C23H24N4O4. The van der Waals surface area contributed by atoms with Crippen LogP contribution in [0.1, 0.15) is 40.0 Å². The van der Waals surface area contributed by atoms with E-state index in [0.717, 1.165) is 41.6 Å². The van der Waals surface area contributed by atoms with Crippen LogP contribution in [0.15, 0.2) is 30.5 Å². The quantitative estimate of drug-likeness (QED) is 0.594. The number of aromatic amines is 1. The van der Waals surface area contributed by atoms with Gasteiger partial charge in [0.25, 0.3) is 5.91 Å². The zero-order chi connectivity index (χ0) is 22.0. The van der Waals surface area contributed by atoms with E-state index in [4.69, 9.17) is 9.47 Å². The van der Waals surface area contributed by atoms with Gasteiger partial charge in [0.1, 0.15) is 11.9 Å². The SMILES string of the molecule is Cc1c(C#N)c(NC(=O)COC(=O)c2c[nH]c3ccccc23)n(C[C@H]2CCCO2)c1C. The van der Waals surface area contributed by atoms with Crippen LogP contribution in [0.4, 0.5) is 5.82 Å². The highest BCUT2D eigenvalue weighted by atomic mass is 16.5. The topological polar surface area (TPSA) is 109 Å². The Morgan fingerprint density at radius 3 is 2.90 bits per heavy atom. The van der Waals surface area contributed by atoms with Crippen molar-refractivity contribution in [2.24, 2.45) is 0 Å². The summed E-state index contributed by atoms with van der Waals surface area (Å²) >= 11 is 0. The number of nitrogens with one attached hydrogen (secondary N) is 2. The lowest BCUT2D eigenvalue weighted by Crippen LogP contribution is -2.24. The van der Waals surface area contributed by atoms with Gasteiger partial charge in [0.2, 0.25) is 0 Å². The van der Waals surface area contributed by atoms with Crippen molar-refractivity contribution in [2.45, 2.75) is 39.3 Å². The normalized spacial score (nSPS) is 15.7. The van der Waals surface area contributed by atoms with E-state index in [0.29, 0.717) is 23.5 Å². The summed E-state index contributed by atoms with van der Waals surface area (Å²) in [4.78, 5) is 28.0. The van der Waals surface area contributed by atoms with Gasteiger partial charge in [-0.25, -0.2) is 4.79 Å². The lowest BCUT2D eigenvalue weighted by Gasteiger charge is -2.16. The van der Waals surface area contributed by atoms with Gasteiger partial charge in [-0.15, -0.1) is 0 Å². The summed E-state index contributed by atoms with van der Waals surface area (Å²) in [6.45, 7) is 4.59. The first-order valence-electron chi connectivity index (χ1n) is 10.2. The maximum Gasteiger partial charge on any atom is 0.340 e. The number of rotatable bonds is 6. The second kappa shape index (κ2) is 8.66. The largest absolute Gasteiger partial charge is 0.452 e. The Bertz CT molecular complexity index is 1180. The number of carbonyl (C=O) groups is 2. The molecule has 1 amide bonds. The number of nitriles is 1. The summed E-state index contributed by atoms with van der Waals surface area (Å²) in [5, 5.41) is 13.1. The molecule has 1 fully saturated rings. The number of aromatic nitrogens is 2. The number of para-hydroxylation sites is 1. The minimum absolute atomic E-state index is 0.0485. The minimum Gasteiger partial charge on any atom is -0.452 e. The van der Waals surface area contributed by atoms with Crippen molar-refractivity contribution in [3.8, 4) is 6.07 Å². The fourth-order valence-electron chi connectivity index (χ4n) is 3.97. The molecule has 31 heavy (non-hydrogen) atoms. The molecule has 2 aromatic heterocycles. The van der Waals surface area contributed by atoms with E-state index in [1.54, 1.807) is 6.20 Å². The molecule has 2 N–H and O–H groups in total. The van der Waals surface area contributed by atoms with E-state index >= 15 is 0 Å². The number of amides is 1. The van der Waals surface area contributed by atoms with E-state index in [-0.39, 0.29) is 6.10 Å². The van der Waals surface area contributed by atoms with Gasteiger partial charge in [-0.2, -0.15) is 5.26 Å². The molecule has 0 aliphatic carbocycles. The van der Waals surface area contributed by atoms with Crippen LogP contribution < -0.4 is 5.32 Å². The molecular weight excluding hydrogens is 396 g/mol. The smallest absolute Gasteiger partial charge is 0.340 e. The number of hydrogen-bond acceptors (Lipinski definition) is 5. The van der Waals surface area contributed by atoms with Crippen LogP contribution in [0.3, 0.4) is 0 Å². The number of fused-ring (bicyclic) bond motifs is 1. The van der Waals surface area contributed by atoms with E-state index in [1.165, 1.54) is 0 Å². The molecule has 0 radical (unpaired) electrons. The van der Waals surface area contributed by atoms with Gasteiger partial charge in [0.05, 0.1) is 23.8 Å². The van der Waals surface area contributed by atoms with Crippen LogP contribution in [0.5, 0.6) is 0 Å². The van der Waals surface area contributed by atoms with Crippen LogP contribution >= 0.6 is 0 Å². The van der Waals surface area contributed by atoms with E-state index in [1.807, 2.05) is 42.7 Å². The van der Waals surface area contributed by atoms with Gasteiger partial charge in [-0.05, 0) is 38.3 Å². The van der Waals surface area contributed by atoms with Gasteiger partial charge in [0.15, 0.2) is 6.61 Å². The molecule has 160 valence electrons. The van der Waals surface area contributed by atoms with Gasteiger partial charge < -0.3 is 24.3 Å². The Balaban J connectivity index is 1.47. The first-order chi connectivity index (χ1) is 15.0. The zero-order valence-corrected chi connectivity index (χ0v) is 17.5. The average Bonchev–Trinajstić information content (AvgIpc) is 3.48. The zero-order valence-electron chi connectivity index (χ0n) is 17.5. The van der Waals surface area contributed by atoms with E-state index < -0.39 is 18.5 Å². The third kappa shape index (κ3) is 4.05. The number of hydrogen-bond donors (Lipinski definition) is 2. The van der Waals surface area contributed by atoms with Gasteiger partial charge in [0, 0.05) is 29.4 Å². The predicted octanol–water partition coefficient (Wildman–Crippen LogP) is 3.43. The van der Waals surface area contributed by atoms with Gasteiger partial charge in [-0.3, -0.25) is 4.79 Å². The lowest BCUT2D eigenvalue weighted by molar-refractivity contribution is -0.119. The minimum atomic E-state index is -0.588. The average molecular weight is 420 g/mol. The lowest BCUT2D eigenvalue weighted by atomic mass is 10.2. The van der Waals surface area contributed by atoms with Crippen molar-refractivity contribution in [1.82, 2.24) is 9.55 Å². The Morgan fingerprint density at radius 1 is 1.35 bits per heavy atom. The molecule has 0 saturated carbocycles. The molecule has 8 nitrogen and oxygen atoms in total. The third-order valence-corrected chi connectivity index (χ3v) is 5.75. The van der Waals surface area contributed by atoms with Crippen molar-refractivity contribution in [3.63, 3.8) is 0 Å². The van der Waals surface area contributed by atoms with E-state index in [2.05, 4.69) is 16.4 Å². The summed E-state index contributed by atoms with van der Waals surface area (Å²) in [7, 11) is 0. The molecule has 1 saturated heterocycles. The molecule has 8 heteroatoms. The summed E-state index contributed by atoms with van der Waals surface area (Å²) in [5.74, 6) is -0.674. The Hall–Kier alpha value is -3.57. The second-order valence-electron chi connectivity index (χ2n) is 7.66. The molecule has 1 atom stereocenters. The van der Waals surface area contributed by atoms with Crippen LogP contribution in [0.25, 0.3) is 10.9 Å². The molecule has 0 bridgehead atoms. The number of nitrogens with zero attached hydrogens (tertiary/aromatic N) is 2. The Kier molecular flexibility index (Phi) is 5.78. The van der Waals surface area contributed by atoms with Crippen LogP contribution in [-0.4, -0.2) is 40.7 Å². The summed E-state index contributed by atoms with van der Waals surface area (Å²) in [6.07, 6.45) is 3.56. The molecule has 3 aromatic rings. The summed E-state index contributed by atoms with van der Waals surface area (Å²) in [5.41, 5.74) is 3.31. The van der Waals surface area contributed by atoms with Crippen molar-refractivity contribution in [2.75, 3.05) is 18.5 Å². The Labute approximate surface area is 179 Å². The monoisotopic (exact) mass is 420 g/mol. The van der Waals surface area contributed by atoms with Crippen LogP contribution in [-0.2, 0) is 20.8 Å².